The van der Waals surface area contributed by atoms with Gasteiger partial charge in [0.05, 0.1) is 0 Å². The van der Waals surface area contributed by atoms with Gasteiger partial charge in [-0.15, -0.1) is 11.3 Å². The predicted molar refractivity (Wildman–Crippen MR) is 92.6 cm³/mol. The molecule has 0 aliphatic heterocycles. The molecule has 0 saturated carbocycles. The Morgan fingerprint density at radius 1 is 1.17 bits per heavy atom. The number of likely N-dealkylation sites (N-methyl/N-ethyl adjacent to an activating group) is 1. The third kappa shape index (κ3) is 4.42. The lowest BCUT2D eigenvalue weighted by Gasteiger charge is -2.27. The highest BCUT2D eigenvalue weighted by atomic mass is 32.1. The van der Waals surface area contributed by atoms with E-state index >= 15 is 0 Å². The molecule has 0 saturated heterocycles. The third-order valence-corrected chi connectivity index (χ3v) is 4.41. The fraction of sp³-hybridized carbons (Fsp3) is 0.333. The van der Waals surface area contributed by atoms with Crippen molar-refractivity contribution in [2.75, 3.05) is 7.05 Å². The zero-order chi connectivity index (χ0) is 17.0. The van der Waals surface area contributed by atoms with E-state index in [4.69, 9.17) is 4.74 Å². The minimum Gasteiger partial charge on any atom is -0.444 e. The molecular weight excluding hydrogens is 310 g/mol. The molecule has 1 aromatic carbocycles. The van der Waals surface area contributed by atoms with E-state index in [0.717, 1.165) is 21.6 Å². The average molecular weight is 331 g/mol. The second kappa shape index (κ2) is 6.96. The molecule has 1 heterocycles. The first-order valence-electron chi connectivity index (χ1n) is 7.38. The molecule has 2 aromatic rings. The number of ether oxygens (including phenoxy) is 1. The molecule has 0 aliphatic carbocycles. The number of carbonyl (C=O) groups excluding carboxylic acids is 2. The van der Waals surface area contributed by atoms with Gasteiger partial charge >= 0.3 is 6.09 Å². The Labute approximate surface area is 140 Å². The summed E-state index contributed by atoms with van der Waals surface area (Å²) in [6.45, 7) is 5.40. The van der Waals surface area contributed by atoms with Crippen LogP contribution in [0.15, 0.2) is 42.5 Å². The van der Waals surface area contributed by atoms with E-state index in [0.29, 0.717) is 0 Å². The predicted octanol–water partition coefficient (Wildman–Crippen LogP) is 4.52. The van der Waals surface area contributed by atoms with Crippen LogP contribution in [-0.4, -0.2) is 29.9 Å². The van der Waals surface area contributed by atoms with E-state index < -0.39 is 17.7 Å². The smallest absolute Gasteiger partial charge is 0.410 e. The van der Waals surface area contributed by atoms with Crippen LogP contribution >= 0.6 is 11.3 Å². The lowest BCUT2D eigenvalue weighted by Crippen LogP contribution is -2.37. The topological polar surface area (TPSA) is 46.6 Å². The molecule has 1 atom stereocenters. The summed E-state index contributed by atoms with van der Waals surface area (Å²) in [6.07, 6.45) is 0.258. The number of benzene rings is 1. The van der Waals surface area contributed by atoms with Crippen molar-refractivity contribution in [1.82, 2.24) is 4.90 Å². The first-order chi connectivity index (χ1) is 10.8. The molecule has 2 rings (SSSR count). The first kappa shape index (κ1) is 17.2. The van der Waals surface area contributed by atoms with Gasteiger partial charge in [0.1, 0.15) is 17.9 Å². The second-order valence-corrected chi connectivity index (χ2v) is 7.36. The van der Waals surface area contributed by atoms with Gasteiger partial charge in [-0.05, 0) is 38.5 Å². The Morgan fingerprint density at radius 2 is 1.83 bits per heavy atom. The van der Waals surface area contributed by atoms with E-state index in [1.165, 1.54) is 16.2 Å². The Hall–Kier alpha value is -2.14. The van der Waals surface area contributed by atoms with E-state index in [-0.39, 0.29) is 0 Å². The van der Waals surface area contributed by atoms with E-state index in [9.17, 15) is 9.59 Å². The van der Waals surface area contributed by atoms with Gasteiger partial charge in [-0.2, -0.15) is 0 Å². The fourth-order valence-corrected chi connectivity index (χ4v) is 3.18. The molecule has 1 unspecified atom stereocenters. The van der Waals surface area contributed by atoms with Crippen molar-refractivity contribution >= 4 is 23.7 Å². The number of hydrogen-bond donors (Lipinski definition) is 0. The number of hydrogen-bond acceptors (Lipinski definition) is 4. The van der Waals surface area contributed by atoms with Gasteiger partial charge in [0.2, 0.25) is 0 Å². The first-order valence-corrected chi connectivity index (χ1v) is 8.20. The quantitative estimate of drug-likeness (QED) is 0.774. The Bertz CT molecular complexity index is 673. The molecule has 0 spiro atoms. The van der Waals surface area contributed by atoms with Crippen molar-refractivity contribution in [2.45, 2.75) is 32.4 Å². The molecule has 0 radical (unpaired) electrons. The maximum absolute atomic E-state index is 12.2. The summed E-state index contributed by atoms with van der Waals surface area (Å²) in [7, 11) is 1.58. The molecule has 0 N–H and O–H groups in total. The summed E-state index contributed by atoms with van der Waals surface area (Å²) in [5, 5.41) is 0. The summed E-state index contributed by atoms with van der Waals surface area (Å²) in [5.74, 6) is 0. The monoisotopic (exact) mass is 331 g/mol. The van der Waals surface area contributed by atoms with Crippen molar-refractivity contribution in [3.05, 3.63) is 47.3 Å². The van der Waals surface area contributed by atoms with Gasteiger partial charge in [0.25, 0.3) is 0 Å². The van der Waals surface area contributed by atoms with Crippen LogP contribution in [0.5, 0.6) is 0 Å². The molecule has 4 nitrogen and oxygen atoms in total. The van der Waals surface area contributed by atoms with Crippen molar-refractivity contribution < 1.29 is 14.3 Å². The normalized spacial score (nSPS) is 12.5. The number of amides is 1. The minimum atomic E-state index is -0.646. The summed E-state index contributed by atoms with van der Waals surface area (Å²) in [4.78, 5) is 26.9. The Morgan fingerprint density at radius 3 is 2.39 bits per heavy atom. The molecular formula is C18H21NO3S. The zero-order valence-corrected chi connectivity index (χ0v) is 14.6. The number of rotatable bonds is 4. The van der Waals surface area contributed by atoms with Gasteiger partial charge in [0, 0.05) is 16.8 Å². The largest absolute Gasteiger partial charge is 0.444 e. The lowest BCUT2D eigenvalue weighted by atomic mass is 10.2. The second-order valence-electron chi connectivity index (χ2n) is 6.24. The summed E-state index contributed by atoms with van der Waals surface area (Å²) in [6, 6.07) is 13.1. The van der Waals surface area contributed by atoms with Gasteiger partial charge in [-0.3, -0.25) is 4.90 Å². The van der Waals surface area contributed by atoms with Crippen LogP contribution in [-0.2, 0) is 9.53 Å². The van der Waals surface area contributed by atoms with Gasteiger partial charge < -0.3 is 9.53 Å². The maximum atomic E-state index is 12.2. The maximum Gasteiger partial charge on any atom is 0.410 e. The fourth-order valence-electron chi connectivity index (χ4n) is 2.07. The average Bonchev–Trinajstić information content (AvgIpc) is 2.97. The van der Waals surface area contributed by atoms with Crippen LogP contribution in [0.1, 0.15) is 31.7 Å². The van der Waals surface area contributed by atoms with Gasteiger partial charge in [-0.25, -0.2) is 4.79 Å². The van der Waals surface area contributed by atoms with Gasteiger partial charge in [0.15, 0.2) is 0 Å². The molecule has 23 heavy (non-hydrogen) atoms. The van der Waals surface area contributed by atoms with Crippen LogP contribution in [0.2, 0.25) is 0 Å². The number of aldehydes is 1. The molecule has 1 amide bonds. The summed E-state index contributed by atoms with van der Waals surface area (Å²) >= 11 is 1.50. The number of thiophene rings is 1. The van der Waals surface area contributed by atoms with E-state index in [1.807, 2.05) is 42.5 Å². The highest BCUT2D eigenvalue weighted by Crippen LogP contribution is 2.33. The van der Waals surface area contributed by atoms with Crippen LogP contribution in [0, 0.1) is 0 Å². The van der Waals surface area contributed by atoms with E-state index in [2.05, 4.69) is 0 Å². The van der Waals surface area contributed by atoms with Gasteiger partial charge in [-0.1, -0.05) is 30.3 Å². The lowest BCUT2D eigenvalue weighted by molar-refractivity contribution is -0.112. The molecule has 5 heteroatoms. The summed E-state index contributed by atoms with van der Waals surface area (Å²) < 4.78 is 5.33. The third-order valence-electron chi connectivity index (χ3n) is 3.20. The van der Waals surface area contributed by atoms with E-state index in [1.54, 1.807) is 27.8 Å². The highest BCUT2D eigenvalue weighted by molar-refractivity contribution is 7.15. The van der Waals surface area contributed by atoms with Crippen molar-refractivity contribution in [1.29, 1.82) is 0 Å². The van der Waals surface area contributed by atoms with Crippen LogP contribution in [0.25, 0.3) is 10.4 Å². The van der Waals surface area contributed by atoms with Crippen molar-refractivity contribution in [2.24, 2.45) is 0 Å². The van der Waals surface area contributed by atoms with Crippen molar-refractivity contribution in [3.63, 3.8) is 0 Å². The number of nitrogens with zero attached hydrogens (tertiary/aromatic N) is 1. The standard InChI is InChI=1S/C18H21NO3S/c1-18(2,3)22-17(21)19(4)14(12-20)16-11-10-15(23-16)13-8-6-5-7-9-13/h5-12,14H,1-4H3. The zero-order valence-electron chi connectivity index (χ0n) is 13.8. The Kier molecular flexibility index (Phi) is 5.21. The van der Waals surface area contributed by atoms with Crippen LogP contribution in [0.4, 0.5) is 4.79 Å². The Balaban J connectivity index is 2.20. The highest BCUT2D eigenvalue weighted by Gasteiger charge is 2.27. The molecule has 0 fully saturated rings. The molecule has 1 aromatic heterocycles. The van der Waals surface area contributed by atoms with Crippen LogP contribution in [0.3, 0.4) is 0 Å². The summed E-state index contributed by atoms with van der Waals surface area (Å²) in [5.41, 5.74) is 0.497. The van der Waals surface area contributed by atoms with Crippen molar-refractivity contribution in [3.8, 4) is 10.4 Å². The molecule has 0 bridgehead atoms. The molecule has 122 valence electrons. The van der Waals surface area contributed by atoms with Crippen LogP contribution < -0.4 is 0 Å². The number of carbonyl (C=O) groups is 2. The SMILES string of the molecule is CN(C(=O)OC(C)(C)C)C(C=O)c1ccc(-c2ccccc2)s1. The molecule has 0 aliphatic rings. The minimum absolute atomic E-state index is 0.510.